The van der Waals surface area contributed by atoms with Crippen molar-refractivity contribution in [2.45, 2.75) is 152 Å². The van der Waals surface area contributed by atoms with Crippen LogP contribution in [-0.4, -0.2) is 6.36 Å². The van der Waals surface area contributed by atoms with Gasteiger partial charge >= 0.3 is 6.36 Å². The summed E-state index contributed by atoms with van der Waals surface area (Å²) in [5.74, 6) is 5.45. The van der Waals surface area contributed by atoms with Gasteiger partial charge in [0, 0.05) is 0 Å². The zero-order valence-corrected chi connectivity index (χ0v) is 51.3. The Morgan fingerprint density at radius 2 is 0.786 bits per heavy atom. The van der Waals surface area contributed by atoms with E-state index in [1.54, 1.807) is 12.1 Å². The van der Waals surface area contributed by atoms with Crippen LogP contribution in [-0.2, 0) is 31.1 Å². The van der Waals surface area contributed by atoms with Crippen molar-refractivity contribution in [3.63, 3.8) is 0 Å². The summed E-state index contributed by atoms with van der Waals surface area (Å²) in [6.07, 6.45) is 4.92. The molecule has 9 rings (SSSR count). The molecule has 7 heteroatoms. The summed E-state index contributed by atoms with van der Waals surface area (Å²) in [4.78, 5) is 0. The summed E-state index contributed by atoms with van der Waals surface area (Å²) < 4.78 is 60.7. The minimum absolute atomic E-state index is 0.00755. The Morgan fingerprint density at radius 3 is 1.21 bits per heavy atom. The molecule has 0 N–H and O–H groups in total. The summed E-state index contributed by atoms with van der Waals surface area (Å²) in [5, 5.41) is 0. The van der Waals surface area contributed by atoms with Crippen LogP contribution in [0.4, 0.5) is 13.2 Å². The quantitative estimate of drug-likeness (QED) is 0.0762. The molecule has 0 unspecified atom stereocenters. The number of unbranched alkanes of at least 4 members (excludes halogenated alkanes) is 1. The number of hydrogen-bond acceptors (Lipinski definition) is 4. The maximum atomic E-state index is 12.6. The van der Waals surface area contributed by atoms with Crippen molar-refractivity contribution in [3.05, 3.63) is 245 Å². The molecule has 0 saturated heterocycles. The Hall–Kier alpha value is -8.03. The molecule has 0 aliphatic carbocycles. The molecule has 84 heavy (non-hydrogen) atoms. The minimum Gasteiger partial charge on any atom is -0.457 e. The number of aryl methyl sites for hydroxylation is 6. The van der Waals surface area contributed by atoms with Crippen LogP contribution in [0.15, 0.2) is 200 Å². The van der Waals surface area contributed by atoms with Gasteiger partial charge in [-0.25, -0.2) is 0 Å². The fraction of sp³-hybridized carbons (Fsp3) is 0.299. The molecule has 438 valence electrons. The molecular formula is C77H85F3O4. The topological polar surface area (TPSA) is 36.9 Å². The van der Waals surface area contributed by atoms with Gasteiger partial charge in [0.25, 0.3) is 0 Å². The second-order valence-corrected chi connectivity index (χ2v) is 23.1. The Morgan fingerprint density at radius 1 is 0.381 bits per heavy atom. The maximum Gasteiger partial charge on any atom is 0.573 e. The van der Waals surface area contributed by atoms with Crippen molar-refractivity contribution in [3.8, 4) is 73.6 Å². The van der Waals surface area contributed by atoms with E-state index < -0.39 is 6.36 Å². The molecule has 0 aromatic heterocycles. The fourth-order valence-electron chi connectivity index (χ4n) is 9.71. The average Bonchev–Trinajstić information content (AvgIpc) is 3.63. The molecule has 0 fully saturated rings. The van der Waals surface area contributed by atoms with Crippen molar-refractivity contribution in [1.29, 1.82) is 0 Å². The van der Waals surface area contributed by atoms with Gasteiger partial charge in [-0.3, -0.25) is 0 Å². The zero-order chi connectivity index (χ0) is 60.2. The van der Waals surface area contributed by atoms with Crippen molar-refractivity contribution in [2.24, 2.45) is 0 Å². The molecule has 0 bridgehead atoms. The largest absolute Gasteiger partial charge is 0.573 e. The molecule has 0 saturated carbocycles. The van der Waals surface area contributed by atoms with Gasteiger partial charge in [0.1, 0.15) is 40.2 Å². The van der Waals surface area contributed by atoms with Gasteiger partial charge in [-0.15, -0.1) is 13.2 Å². The molecule has 0 aliphatic rings. The van der Waals surface area contributed by atoms with Gasteiger partial charge < -0.3 is 18.9 Å². The first-order chi connectivity index (χ1) is 40.3. The van der Waals surface area contributed by atoms with E-state index in [1.165, 1.54) is 80.6 Å². The fourth-order valence-corrected chi connectivity index (χ4v) is 9.71. The molecule has 0 atom stereocenters. The van der Waals surface area contributed by atoms with Crippen molar-refractivity contribution in [1.82, 2.24) is 0 Å². The van der Waals surface area contributed by atoms with Gasteiger partial charge in [0.15, 0.2) is 0 Å². The van der Waals surface area contributed by atoms with Crippen molar-refractivity contribution >= 4 is 0 Å². The first-order valence-electron chi connectivity index (χ1n) is 30.0. The SMILES string of the molecule is CCCCc1ccc(Oc2cc(-c3ccc(C)cc3)ccc2CCC)cc1.CCCc1ccc(-c2ccc(C)cc2)cc1Oc1ccc(C(C)C)cc1.CCCc1ccc(-c2cccc(OC(F)(F)F)c2)cc1Oc1cccc(C(C)(C)C)c1. The lowest BCUT2D eigenvalue weighted by atomic mass is 9.87. The highest BCUT2D eigenvalue weighted by molar-refractivity contribution is 5.69. The number of benzene rings is 9. The van der Waals surface area contributed by atoms with Crippen LogP contribution < -0.4 is 18.9 Å². The molecule has 9 aromatic carbocycles. The second kappa shape index (κ2) is 30.5. The van der Waals surface area contributed by atoms with E-state index in [4.69, 9.17) is 14.2 Å². The molecule has 0 amide bonds. The first kappa shape index (κ1) is 63.5. The molecule has 4 nitrogen and oxygen atoms in total. The Balaban J connectivity index is 0.000000182. The van der Waals surface area contributed by atoms with Crippen molar-refractivity contribution in [2.75, 3.05) is 0 Å². The number of halogens is 3. The van der Waals surface area contributed by atoms with Crippen LogP contribution in [0.2, 0.25) is 0 Å². The first-order valence-corrected chi connectivity index (χ1v) is 30.0. The summed E-state index contributed by atoms with van der Waals surface area (Å²) >= 11 is 0. The van der Waals surface area contributed by atoms with Gasteiger partial charge in [0.05, 0.1) is 0 Å². The average molecular weight is 1130 g/mol. The monoisotopic (exact) mass is 1130 g/mol. The van der Waals surface area contributed by atoms with Crippen LogP contribution in [0.1, 0.15) is 145 Å². The highest BCUT2D eigenvalue weighted by atomic mass is 19.4. The van der Waals surface area contributed by atoms with E-state index in [9.17, 15) is 13.2 Å². The molecule has 0 heterocycles. The Bertz CT molecular complexity index is 3460. The highest BCUT2D eigenvalue weighted by Gasteiger charge is 2.31. The van der Waals surface area contributed by atoms with Crippen LogP contribution in [0.5, 0.6) is 40.2 Å². The molecule has 0 aliphatic heterocycles. The van der Waals surface area contributed by atoms with Gasteiger partial charge in [-0.2, -0.15) is 0 Å². The van der Waals surface area contributed by atoms with Crippen LogP contribution >= 0.6 is 0 Å². The van der Waals surface area contributed by atoms with E-state index in [0.717, 1.165) is 90.4 Å². The van der Waals surface area contributed by atoms with Gasteiger partial charge in [-0.05, 0) is 191 Å². The predicted molar refractivity (Wildman–Crippen MR) is 345 cm³/mol. The third-order valence-corrected chi connectivity index (χ3v) is 14.6. The van der Waals surface area contributed by atoms with E-state index >= 15 is 0 Å². The van der Waals surface area contributed by atoms with E-state index in [2.05, 4.69) is 220 Å². The number of hydrogen-bond donors (Lipinski definition) is 0. The van der Waals surface area contributed by atoms with E-state index in [1.807, 2.05) is 36.4 Å². The normalized spacial score (nSPS) is 11.3. The maximum absolute atomic E-state index is 12.6. The third-order valence-electron chi connectivity index (χ3n) is 14.6. The molecule has 9 aromatic rings. The second-order valence-electron chi connectivity index (χ2n) is 23.1. The van der Waals surface area contributed by atoms with Gasteiger partial charge in [-0.1, -0.05) is 233 Å². The smallest absolute Gasteiger partial charge is 0.457 e. The van der Waals surface area contributed by atoms with E-state index in [0.29, 0.717) is 17.2 Å². The van der Waals surface area contributed by atoms with Crippen LogP contribution in [0, 0.1) is 13.8 Å². The van der Waals surface area contributed by atoms with Gasteiger partial charge in [0.2, 0.25) is 0 Å². The summed E-state index contributed by atoms with van der Waals surface area (Å²) in [6, 6.07) is 67.2. The zero-order valence-electron chi connectivity index (χ0n) is 51.3. The lowest BCUT2D eigenvalue weighted by Gasteiger charge is -2.20. The van der Waals surface area contributed by atoms with Crippen LogP contribution in [0.25, 0.3) is 33.4 Å². The predicted octanol–water partition coefficient (Wildman–Crippen LogP) is 23.6. The standard InChI is InChI=1S/C26H27F3O2.C26H30O.C25H28O/c1-5-8-18-13-14-20(19-9-6-12-23(15-19)31-26(27,28)29)16-24(18)30-22-11-7-10-21(17-22)25(2,3)4;1-4-6-8-21-11-17-25(18-12-21)27-26-19-24(16-15-23(26)7-5-2)22-13-9-20(3)10-14-22;1-5-6-22-11-12-23(21-9-7-19(4)8-10-21)17-25(22)26-24-15-13-20(14-16-24)18(2)3/h6-7,9-17H,5,8H2,1-4H3;9-19H,4-8H2,1-3H3;7-18H,5-6H2,1-4H3. The number of ether oxygens (including phenoxy) is 4. The Labute approximate surface area is 499 Å². The molecular weight excluding hydrogens is 1050 g/mol. The highest BCUT2D eigenvalue weighted by Crippen LogP contribution is 2.38. The molecule has 0 spiro atoms. The summed E-state index contributed by atoms with van der Waals surface area (Å²) in [6.45, 7) is 23.8. The summed E-state index contributed by atoms with van der Waals surface area (Å²) in [7, 11) is 0. The van der Waals surface area contributed by atoms with E-state index in [-0.39, 0.29) is 11.2 Å². The van der Waals surface area contributed by atoms with Crippen LogP contribution in [0.3, 0.4) is 0 Å². The third kappa shape index (κ3) is 19.3. The molecule has 0 radical (unpaired) electrons. The number of rotatable bonds is 20. The summed E-state index contributed by atoms with van der Waals surface area (Å²) in [5.41, 5.74) is 16.2. The lowest BCUT2D eigenvalue weighted by molar-refractivity contribution is -0.274. The minimum atomic E-state index is -4.73. The number of alkyl halides is 3. The lowest BCUT2D eigenvalue weighted by Crippen LogP contribution is -2.17. The Kier molecular flexibility index (Phi) is 23.1. The van der Waals surface area contributed by atoms with Crippen molar-refractivity contribution < 1.29 is 32.1 Å².